The maximum Gasteiger partial charge on any atom is 0.123 e. The van der Waals surface area contributed by atoms with Crippen molar-refractivity contribution in [3.8, 4) is 5.75 Å². The van der Waals surface area contributed by atoms with E-state index in [2.05, 4.69) is 30.4 Å². The summed E-state index contributed by atoms with van der Waals surface area (Å²) < 4.78 is 5.51. The minimum atomic E-state index is 0.231. The van der Waals surface area contributed by atoms with E-state index in [1.54, 1.807) is 7.11 Å². The molecule has 100 valence electrons. The van der Waals surface area contributed by atoms with E-state index in [4.69, 9.17) is 10.5 Å². The van der Waals surface area contributed by atoms with Gasteiger partial charge in [0.15, 0.2) is 0 Å². The van der Waals surface area contributed by atoms with Crippen molar-refractivity contribution < 1.29 is 4.74 Å². The van der Waals surface area contributed by atoms with E-state index in [1.807, 2.05) is 7.05 Å². The van der Waals surface area contributed by atoms with Crippen molar-refractivity contribution in [2.24, 2.45) is 11.1 Å². The highest BCUT2D eigenvalue weighted by Gasteiger charge is 2.48. The zero-order valence-corrected chi connectivity index (χ0v) is 11.6. The number of benzene rings is 1. The molecule has 1 aliphatic carbocycles. The monoisotopic (exact) mass is 248 g/mol. The van der Waals surface area contributed by atoms with Crippen LogP contribution in [0.4, 0.5) is 0 Å². The Hall–Kier alpha value is -1.06. The third-order valence-electron chi connectivity index (χ3n) is 4.21. The lowest BCUT2D eigenvalue weighted by Gasteiger charge is -2.27. The molecule has 0 radical (unpaired) electrons. The molecule has 18 heavy (non-hydrogen) atoms. The van der Waals surface area contributed by atoms with Crippen LogP contribution in [0.3, 0.4) is 0 Å². The Morgan fingerprint density at radius 2 is 2.17 bits per heavy atom. The van der Waals surface area contributed by atoms with Gasteiger partial charge in [-0.2, -0.15) is 0 Å². The van der Waals surface area contributed by atoms with Crippen LogP contribution in [0.5, 0.6) is 5.75 Å². The van der Waals surface area contributed by atoms with Gasteiger partial charge in [-0.3, -0.25) is 0 Å². The van der Waals surface area contributed by atoms with Crippen molar-refractivity contribution in [3.05, 3.63) is 29.3 Å². The van der Waals surface area contributed by atoms with Gasteiger partial charge in [-0.1, -0.05) is 19.1 Å². The topological polar surface area (TPSA) is 47.3 Å². The number of ether oxygens (including phenoxy) is 1. The Morgan fingerprint density at radius 1 is 1.44 bits per heavy atom. The van der Waals surface area contributed by atoms with E-state index in [-0.39, 0.29) is 5.41 Å². The van der Waals surface area contributed by atoms with E-state index in [1.165, 1.54) is 24.0 Å². The second-order valence-corrected chi connectivity index (χ2v) is 5.22. The van der Waals surface area contributed by atoms with Gasteiger partial charge in [-0.25, -0.2) is 0 Å². The fraction of sp³-hybridized carbons (Fsp3) is 0.600. The van der Waals surface area contributed by atoms with Crippen LogP contribution in [-0.4, -0.2) is 20.7 Å². The average molecular weight is 248 g/mol. The molecule has 1 unspecified atom stereocenters. The van der Waals surface area contributed by atoms with Crippen LogP contribution in [0.25, 0.3) is 0 Å². The summed E-state index contributed by atoms with van der Waals surface area (Å²) in [5.41, 5.74) is 8.79. The van der Waals surface area contributed by atoms with Crippen molar-refractivity contribution in [1.82, 2.24) is 5.32 Å². The van der Waals surface area contributed by atoms with Crippen LogP contribution >= 0.6 is 0 Å². The predicted molar refractivity (Wildman–Crippen MR) is 74.9 cm³/mol. The Kier molecular flexibility index (Phi) is 3.93. The summed E-state index contributed by atoms with van der Waals surface area (Å²) in [5.74, 6) is 0.964. The SMILES string of the molecule is CCc1ccc(OC)c(C(NC)C2(CN)CC2)c1. The summed E-state index contributed by atoms with van der Waals surface area (Å²) in [6.07, 6.45) is 3.45. The molecule has 0 heterocycles. The van der Waals surface area contributed by atoms with Gasteiger partial charge in [-0.15, -0.1) is 0 Å². The lowest BCUT2D eigenvalue weighted by atomic mass is 9.88. The summed E-state index contributed by atoms with van der Waals surface area (Å²) in [6, 6.07) is 6.77. The van der Waals surface area contributed by atoms with E-state index >= 15 is 0 Å². The first-order valence-electron chi connectivity index (χ1n) is 6.75. The van der Waals surface area contributed by atoms with Gasteiger partial charge in [0.2, 0.25) is 0 Å². The molecular formula is C15H24N2O. The zero-order valence-electron chi connectivity index (χ0n) is 11.6. The minimum absolute atomic E-state index is 0.231. The summed E-state index contributed by atoms with van der Waals surface area (Å²) >= 11 is 0. The van der Waals surface area contributed by atoms with Crippen LogP contribution in [0.1, 0.15) is 36.9 Å². The van der Waals surface area contributed by atoms with Crippen LogP contribution in [0.2, 0.25) is 0 Å². The molecule has 0 spiro atoms. The molecule has 0 saturated heterocycles. The second kappa shape index (κ2) is 5.29. The fourth-order valence-electron chi connectivity index (χ4n) is 2.79. The van der Waals surface area contributed by atoms with Crippen molar-refractivity contribution in [2.45, 2.75) is 32.2 Å². The summed E-state index contributed by atoms with van der Waals surface area (Å²) in [5, 5.41) is 3.44. The molecule has 1 aliphatic rings. The number of methoxy groups -OCH3 is 1. The molecule has 3 heteroatoms. The highest BCUT2D eigenvalue weighted by Crippen LogP contribution is 2.55. The third kappa shape index (κ3) is 2.25. The number of hydrogen-bond donors (Lipinski definition) is 2. The third-order valence-corrected chi connectivity index (χ3v) is 4.21. The molecule has 0 aromatic heterocycles. The molecule has 3 N–H and O–H groups in total. The second-order valence-electron chi connectivity index (χ2n) is 5.22. The molecule has 0 aliphatic heterocycles. The van der Waals surface area contributed by atoms with E-state index in [9.17, 15) is 0 Å². The number of aryl methyl sites for hydroxylation is 1. The number of rotatable bonds is 6. The minimum Gasteiger partial charge on any atom is -0.496 e. The van der Waals surface area contributed by atoms with Gasteiger partial charge in [-0.05, 0) is 44.5 Å². The quantitative estimate of drug-likeness (QED) is 0.812. The van der Waals surface area contributed by atoms with E-state index in [0.717, 1.165) is 18.7 Å². The molecular weight excluding hydrogens is 224 g/mol. The molecule has 1 fully saturated rings. The molecule has 1 aromatic carbocycles. The number of hydrogen-bond acceptors (Lipinski definition) is 3. The predicted octanol–water partition coefficient (Wildman–Crippen LogP) is 2.26. The van der Waals surface area contributed by atoms with Gasteiger partial charge in [0.25, 0.3) is 0 Å². The number of nitrogens with one attached hydrogen (secondary N) is 1. The molecule has 0 amide bonds. The first-order chi connectivity index (χ1) is 8.70. The summed E-state index contributed by atoms with van der Waals surface area (Å²) in [4.78, 5) is 0. The molecule has 1 saturated carbocycles. The van der Waals surface area contributed by atoms with Gasteiger partial charge < -0.3 is 15.8 Å². The largest absolute Gasteiger partial charge is 0.496 e. The van der Waals surface area contributed by atoms with E-state index < -0.39 is 0 Å². The standard InChI is InChI=1S/C15H24N2O/c1-4-11-5-6-13(18-3)12(9-11)14(17-2)15(10-16)7-8-15/h5-6,9,14,17H,4,7-8,10,16H2,1-3H3. The summed E-state index contributed by atoms with van der Waals surface area (Å²) in [6.45, 7) is 2.91. The van der Waals surface area contributed by atoms with Crippen molar-refractivity contribution in [3.63, 3.8) is 0 Å². The molecule has 3 nitrogen and oxygen atoms in total. The maximum absolute atomic E-state index is 5.96. The zero-order chi connectivity index (χ0) is 13.2. The number of nitrogens with two attached hydrogens (primary N) is 1. The Labute approximate surface area is 110 Å². The molecule has 2 rings (SSSR count). The van der Waals surface area contributed by atoms with Crippen LogP contribution in [-0.2, 0) is 6.42 Å². The average Bonchev–Trinajstić information content (AvgIpc) is 3.20. The highest BCUT2D eigenvalue weighted by atomic mass is 16.5. The first kappa shape index (κ1) is 13.4. The first-order valence-corrected chi connectivity index (χ1v) is 6.75. The smallest absolute Gasteiger partial charge is 0.123 e. The van der Waals surface area contributed by atoms with Gasteiger partial charge in [0.05, 0.1) is 7.11 Å². The Bertz CT molecular complexity index is 413. The van der Waals surface area contributed by atoms with Gasteiger partial charge in [0.1, 0.15) is 5.75 Å². The van der Waals surface area contributed by atoms with Gasteiger partial charge >= 0.3 is 0 Å². The van der Waals surface area contributed by atoms with E-state index in [0.29, 0.717) is 6.04 Å². The molecule has 1 atom stereocenters. The summed E-state index contributed by atoms with van der Waals surface area (Å²) in [7, 11) is 3.75. The van der Waals surface area contributed by atoms with Crippen LogP contribution in [0, 0.1) is 5.41 Å². The van der Waals surface area contributed by atoms with Crippen molar-refractivity contribution in [1.29, 1.82) is 0 Å². The van der Waals surface area contributed by atoms with Crippen molar-refractivity contribution in [2.75, 3.05) is 20.7 Å². The molecule has 1 aromatic rings. The molecule has 0 bridgehead atoms. The lowest BCUT2D eigenvalue weighted by Crippen LogP contribution is -2.32. The Morgan fingerprint density at radius 3 is 2.61 bits per heavy atom. The highest BCUT2D eigenvalue weighted by molar-refractivity contribution is 5.41. The van der Waals surface area contributed by atoms with Crippen molar-refractivity contribution >= 4 is 0 Å². The van der Waals surface area contributed by atoms with Crippen LogP contribution < -0.4 is 15.8 Å². The Balaban J connectivity index is 2.40. The van der Waals surface area contributed by atoms with Crippen LogP contribution in [0.15, 0.2) is 18.2 Å². The maximum atomic E-state index is 5.96. The fourth-order valence-corrected chi connectivity index (χ4v) is 2.79. The van der Waals surface area contributed by atoms with Gasteiger partial charge in [0, 0.05) is 17.0 Å². The lowest BCUT2D eigenvalue weighted by molar-refractivity contribution is 0.343. The normalized spacial score (nSPS) is 18.4.